The molecule has 0 heterocycles. The van der Waals surface area contributed by atoms with Crippen LogP contribution in [0.5, 0.6) is 0 Å². The first-order valence-corrected chi connectivity index (χ1v) is 13.7. The van der Waals surface area contributed by atoms with Crippen LogP contribution in [-0.2, 0) is 18.0 Å². The van der Waals surface area contributed by atoms with Crippen LogP contribution in [0.1, 0.15) is 91.9 Å². The summed E-state index contributed by atoms with van der Waals surface area (Å²) in [5.41, 5.74) is 0. The van der Waals surface area contributed by atoms with E-state index in [4.69, 9.17) is 18.0 Å². The third kappa shape index (κ3) is 10.2. The van der Waals surface area contributed by atoms with E-state index < -0.39 is 8.80 Å². The van der Waals surface area contributed by atoms with Gasteiger partial charge in [0.1, 0.15) is 0 Å². The van der Waals surface area contributed by atoms with Crippen molar-refractivity contribution in [1.29, 1.82) is 0 Å². The summed E-state index contributed by atoms with van der Waals surface area (Å²) >= 11 is 0. The second-order valence-corrected chi connectivity index (χ2v) is 10.8. The number of hydrogen-bond donors (Lipinski definition) is 1. The Bertz CT molecular complexity index is 359. The van der Waals surface area contributed by atoms with Crippen molar-refractivity contribution in [2.24, 2.45) is 5.92 Å². The molecule has 28 heavy (non-hydrogen) atoms. The monoisotopic (exact) mass is 418 g/mol. The summed E-state index contributed by atoms with van der Waals surface area (Å²) in [6.45, 7) is 11.4. The molecule has 0 spiro atoms. The van der Waals surface area contributed by atoms with Crippen molar-refractivity contribution in [1.82, 2.24) is 0 Å². The molecule has 1 N–H and O–H groups in total. The normalized spacial score (nSPS) is 23.2. The Morgan fingerprint density at radius 1 is 0.821 bits per heavy atom. The van der Waals surface area contributed by atoms with Crippen LogP contribution in [0.4, 0.5) is 0 Å². The molecule has 168 valence electrons. The molecule has 3 atom stereocenters. The van der Waals surface area contributed by atoms with E-state index in [0.717, 1.165) is 90.1 Å². The molecule has 0 bridgehead atoms. The molecular formula is C22H46O5Si. The van der Waals surface area contributed by atoms with Gasteiger partial charge in [0, 0.05) is 32.5 Å². The summed E-state index contributed by atoms with van der Waals surface area (Å²) in [6, 6.07) is 0.872. The van der Waals surface area contributed by atoms with Gasteiger partial charge in [-0.2, -0.15) is 0 Å². The highest BCUT2D eigenvalue weighted by molar-refractivity contribution is 6.60. The second-order valence-electron chi connectivity index (χ2n) is 8.07. The van der Waals surface area contributed by atoms with E-state index in [2.05, 4.69) is 20.8 Å². The van der Waals surface area contributed by atoms with E-state index in [0.29, 0.717) is 12.5 Å². The maximum absolute atomic E-state index is 10.3. The van der Waals surface area contributed by atoms with Crippen molar-refractivity contribution >= 4 is 8.80 Å². The van der Waals surface area contributed by atoms with Gasteiger partial charge in [-0.15, -0.1) is 0 Å². The summed E-state index contributed by atoms with van der Waals surface area (Å²) in [4.78, 5) is 0. The van der Waals surface area contributed by atoms with Crippen LogP contribution in [0.25, 0.3) is 0 Å². The fourth-order valence-corrected chi connectivity index (χ4v) is 6.50. The van der Waals surface area contributed by atoms with Crippen molar-refractivity contribution in [3.8, 4) is 0 Å². The van der Waals surface area contributed by atoms with Crippen LogP contribution in [-0.4, -0.2) is 52.5 Å². The highest BCUT2D eigenvalue weighted by Crippen LogP contribution is 2.33. The van der Waals surface area contributed by atoms with Crippen molar-refractivity contribution in [2.75, 3.05) is 26.4 Å². The first kappa shape index (κ1) is 26.1. The average molecular weight is 419 g/mol. The molecule has 1 saturated carbocycles. The fourth-order valence-electron chi connectivity index (χ4n) is 3.70. The van der Waals surface area contributed by atoms with Crippen molar-refractivity contribution < 1.29 is 23.1 Å². The van der Waals surface area contributed by atoms with Gasteiger partial charge in [-0.05, 0) is 57.8 Å². The number of ether oxygens (including phenoxy) is 1. The van der Waals surface area contributed by atoms with Gasteiger partial charge in [0.15, 0.2) is 0 Å². The van der Waals surface area contributed by atoms with Gasteiger partial charge < -0.3 is 23.1 Å². The molecular weight excluding hydrogens is 372 g/mol. The standard InChI is InChI=1S/C22H46O5Si/c1-5-9-15-24-22-19-20(12-13-21(22)23)14-18-28(25-8-4,26-16-10-6-2)27-17-11-7-3/h20-23H,5-19H2,1-4H3. The predicted molar refractivity (Wildman–Crippen MR) is 117 cm³/mol. The SMILES string of the molecule is CCCCOC1CC(CC[Si](OCC)(OCCCC)OCCCC)CCC1O. The zero-order valence-corrected chi connectivity index (χ0v) is 19.9. The topological polar surface area (TPSA) is 57.2 Å². The Morgan fingerprint density at radius 2 is 1.43 bits per heavy atom. The minimum atomic E-state index is -2.63. The quantitative estimate of drug-likeness (QED) is 0.255. The molecule has 1 aliphatic rings. The van der Waals surface area contributed by atoms with E-state index >= 15 is 0 Å². The summed E-state index contributed by atoms with van der Waals surface area (Å²) in [5.74, 6) is 0.548. The van der Waals surface area contributed by atoms with Crippen LogP contribution in [0.3, 0.4) is 0 Å². The summed E-state index contributed by atoms with van der Waals surface area (Å²) in [5, 5.41) is 10.3. The molecule has 0 aromatic heterocycles. The molecule has 5 nitrogen and oxygen atoms in total. The van der Waals surface area contributed by atoms with Gasteiger partial charge in [0.2, 0.25) is 0 Å². The maximum atomic E-state index is 10.3. The lowest BCUT2D eigenvalue weighted by molar-refractivity contribution is -0.0726. The lowest BCUT2D eigenvalue weighted by Crippen LogP contribution is -2.47. The molecule has 1 fully saturated rings. The van der Waals surface area contributed by atoms with Crippen LogP contribution in [0.15, 0.2) is 0 Å². The Hall–Kier alpha value is 0.0169. The van der Waals surface area contributed by atoms with E-state index in [1.807, 2.05) is 6.92 Å². The Balaban J connectivity index is 2.61. The molecule has 1 rings (SSSR count). The highest BCUT2D eigenvalue weighted by atomic mass is 28.4. The lowest BCUT2D eigenvalue weighted by Gasteiger charge is -2.35. The number of aliphatic hydroxyl groups is 1. The molecule has 6 heteroatoms. The molecule has 0 aromatic carbocycles. The average Bonchev–Trinajstić information content (AvgIpc) is 2.69. The highest BCUT2D eigenvalue weighted by Gasteiger charge is 2.42. The van der Waals surface area contributed by atoms with Crippen LogP contribution in [0, 0.1) is 5.92 Å². The number of unbranched alkanes of at least 4 members (excludes halogenated alkanes) is 3. The molecule has 0 aromatic rings. The minimum Gasteiger partial charge on any atom is -0.390 e. The fraction of sp³-hybridized carbons (Fsp3) is 1.00. The number of aliphatic hydroxyl groups excluding tert-OH is 1. The first-order valence-electron chi connectivity index (χ1n) is 11.8. The van der Waals surface area contributed by atoms with E-state index in [9.17, 15) is 5.11 Å². The Kier molecular flexibility index (Phi) is 14.7. The van der Waals surface area contributed by atoms with Crippen LogP contribution in [0.2, 0.25) is 6.04 Å². The van der Waals surface area contributed by atoms with Crippen LogP contribution < -0.4 is 0 Å². The van der Waals surface area contributed by atoms with Crippen molar-refractivity contribution in [3.63, 3.8) is 0 Å². The largest absolute Gasteiger partial charge is 0.500 e. The molecule has 0 saturated heterocycles. The van der Waals surface area contributed by atoms with Gasteiger partial charge in [-0.1, -0.05) is 40.0 Å². The molecule has 0 amide bonds. The van der Waals surface area contributed by atoms with E-state index in [1.165, 1.54) is 0 Å². The zero-order valence-electron chi connectivity index (χ0n) is 18.9. The Morgan fingerprint density at radius 3 is 2.00 bits per heavy atom. The molecule has 3 unspecified atom stereocenters. The smallest absolute Gasteiger partial charge is 0.390 e. The van der Waals surface area contributed by atoms with Gasteiger partial charge in [-0.3, -0.25) is 0 Å². The third-order valence-electron chi connectivity index (χ3n) is 5.56. The van der Waals surface area contributed by atoms with Gasteiger partial charge in [0.05, 0.1) is 12.2 Å². The maximum Gasteiger partial charge on any atom is 0.500 e. The van der Waals surface area contributed by atoms with E-state index in [1.54, 1.807) is 0 Å². The van der Waals surface area contributed by atoms with Crippen molar-refractivity contribution in [3.05, 3.63) is 0 Å². The van der Waals surface area contributed by atoms with Gasteiger partial charge in [-0.25, -0.2) is 0 Å². The van der Waals surface area contributed by atoms with Gasteiger partial charge in [0.25, 0.3) is 0 Å². The number of rotatable bonds is 17. The van der Waals surface area contributed by atoms with Gasteiger partial charge >= 0.3 is 8.80 Å². The van der Waals surface area contributed by atoms with Crippen molar-refractivity contribution in [2.45, 2.75) is 110 Å². The summed E-state index contributed by atoms with van der Waals surface area (Å²) in [7, 11) is -2.63. The molecule has 0 aliphatic heterocycles. The van der Waals surface area contributed by atoms with E-state index in [-0.39, 0.29) is 12.2 Å². The third-order valence-corrected chi connectivity index (χ3v) is 8.48. The summed E-state index contributed by atoms with van der Waals surface area (Å²) < 4.78 is 24.7. The molecule has 1 aliphatic carbocycles. The minimum absolute atomic E-state index is 0.0181. The summed E-state index contributed by atoms with van der Waals surface area (Å²) in [6.07, 6.45) is 10.0. The molecule has 0 radical (unpaired) electrons. The lowest BCUT2D eigenvalue weighted by atomic mass is 9.84. The first-order chi connectivity index (χ1) is 13.6. The second kappa shape index (κ2) is 15.8. The zero-order chi connectivity index (χ0) is 20.7. The Labute approximate surface area is 174 Å². The number of hydrogen-bond acceptors (Lipinski definition) is 5. The van der Waals surface area contributed by atoms with Crippen LogP contribution >= 0.6 is 0 Å². The predicted octanol–water partition coefficient (Wildman–Crippen LogP) is 5.33.